The van der Waals surface area contributed by atoms with Crippen LogP contribution in [0.3, 0.4) is 0 Å². The molecule has 0 aromatic heterocycles. The van der Waals surface area contributed by atoms with Gasteiger partial charge in [-0.3, -0.25) is 4.79 Å². The standard InChI is InChI=1S/C27H42O5/c1-17-23(28)15-19(16-24(17)29)8-9-20-7-6-13-27(5)21(10-11-22(20)27)18(2)32-25(30)12-14-26(3,4)31/h8-10,17-18,22-24,28-29,31H,6-7,11-16H2,1-5H3/b19-8?,20-9+/t17?,18-,22-,23+,24+,27+/m0/s1. The number of carbonyl (C=O) groups excluding carboxylic acids is 1. The summed E-state index contributed by atoms with van der Waals surface area (Å²) in [7, 11) is 0. The molecule has 0 heterocycles. The van der Waals surface area contributed by atoms with Gasteiger partial charge in [-0.05, 0) is 82.6 Å². The molecule has 0 aliphatic heterocycles. The van der Waals surface area contributed by atoms with Crippen LogP contribution in [-0.2, 0) is 9.53 Å². The van der Waals surface area contributed by atoms with Crippen molar-refractivity contribution in [3.05, 3.63) is 34.9 Å². The Labute approximate surface area is 193 Å². The molecule has 0 unspecified atom stereocenters. The molecule has 32 heavy (non-hydrogen) atoms. The van der Waals surface area contributed by atoms with Crippen LogP contribution in [0.5, 0.6) is 0 Å². The fourth-order valence-electron chi connectivity index (χ4n) is 5.82. The number of rotatable bonds is 6. The van der Waals surface area contributed by atoms with Gasteiger partial charge in [-0.15, -0.1) is 0 Å². The Morgan fingerprint density at radius 2 is 1.94 bits per heavy atom. The Morgan fingerprint density at radius 3 is 2.56 bits per heavy atom. The van der Waals surface area contributed by atoms with Gasteiger partial charge in [0.2, 0.25) is 0 Å². The van der Waals surface area contributed by atoms with Crippen LogP contribution in [0.4, 0.5) is 0 Å². The molecule has 3 rings (SSSR count). The number of ether oxygens (including phenoxy) is 1. The SMILES string of the molecule is CC1[C@H](O)CC(=C/C=C2\CCC[C@]3(C)C([C@H](C)OC(=O)CCC(C)(C)O)=CC[C@@H]23)C[C@H]1O. The lowest BCUT2D eigenvalue weighted by atomic mass is 9.63. The molecule has 3 aliphatic rings. The highest BCUT2D eigenvalue weighted by molar-refractivity contribution is 5.70. The van der Waals surface area contributed by atoms with Crippen LogP contribution in [0.1, 0.15) is 86.0 Å². The minimum absolute atomic E-state index is 0.0152. The monoisotopic (exact) mass is 446 g/mol. The zero-order valence-electron chi connectivity index (χ0n) is 20.4. The molecule has 0 aromatic carbocycles. The van der Waals surface area contributed by atoms with Crippen LogP contribution in [0.15, 0.2) is 34.9 Å². The summed E-state index contributed by atoms with van der Waals surface area (Å²) in [5.41, 5.74) is 2.86. The number of aliphatic hydroxyl groups is 3. The predicted molar refractivity (Wildman–Crippen MR) is 126 cm³/mol. The first-order chi connectivity index (χ1) is 14.9. The summed E-state index contributed by atoms with van der Waals surface area (Å²) < 4.78 is 5.76. The number of hydrogen-bond acceptors (Lipinski definition) is 5. The molecule has 2 saturated carbocycles. The van der Waals surface area contributed by atoms with Gasteiger partial charge in [0.1, 0.15) is 6.10 Å². The highest BCUT2D eigenvalue weighted by Gasteiger charge is 2.47. The zero-order chi connectivity index (χ0) is 23.7. The molecular weight excluding hydrogens is 404 g/mol. The average molecular weight is 447 g/mol. The molecule has 3 N–H and O–H groups in total. The van der Waals surface area contributed by atoms with Crippen LogP contribution < -0.4 is 0 Å². The maximum absolute atomic E-state index is 12.3. The number of fused-ring (bicyclic) bond motifs is 1. The number of hydrogen-bond donors (Lipinski definition) is 3. The molecular formula is C27H42O5. The summed E-state index contributed by atoms with van der Waals surface area (Å²) in [5.74, 6) is 0.0672. The molecule has 0 spiro atoms. The van der Waals surface area contributed by atoms with Gasteiger partial charge in [0.15, 0.2) is 0 Å². The van der Waals surface area contributed by atoms with Gasteiger partial charge >= 0.3 is 5.97 Å². The lowest BCUT2D eigenvalue weighted by molar-refractivity contribution is -0.148. The molecule has 5 atom stereocenters. The van der Waals surface area contributed by atoms with Gasteiger partial charge in [-0.1, -0.05) is 43.2 Å². The smallest absolute Gasteiger partial charge is 0.306 e. The first kappa shape index (κ1) is 25.2. The van der Waals surface area contributed by atoms with Crippen LogP contribution in [0.2, 0.25) is 0 Å². The Bertz CT molecular complexity index is 772. The molecule has 5 nitrogen and oxygen atoms in total. The largest absolute Gasteiger partial charge is 0.458 e. The van der Waals surface area contributed by atoms with E-state index in [1.54, 1.807) is 13.8 Å². The van der Waals surface area contributed by atoms with E-state index in [2.05, 4.69) is 25.2 Å². The van der Waals surface area contributed by atoms with Crippen LogP contribution >= 0.6 is 0 Å². The normalized spacial score (nSPS) is 35.3. The van der Waals surface area contributed by atoms with Gasteiger partial charge < -0.3 is 20.1 Å². The molecule has 180 valence electrons. The predicted octanol–water partition coefficient (Wildman–Crippen LogP) is 4.61. The van der Waals surface area contributed by atoms with Crippen molar-refractivity contribution >= 4 is 5.97 Å². The number of carbonyl (C=O) groups is 1. The van der Waals surface area contributed by atoms with Crippen molar-refractivity contribution in [2.24, 2.45) is 17.3 Å². The summed E-state index contributed by atoms with van der Waals surface area (Å²) in [4.78, 5) is 12.3. The molecule has 0 aromatic rings. The Hall–Kier alpha value is -1.43. The second-order valence-electron chi connectivity index (χ2n) is 11.1. The van der Waals surface area contributed by atoms with Crippen molar-refractivity contribution in [2.45, 2.75) is 110 Å². The Balaban J connectivity index is 1.67. The summed E-state index contributed by atoms with van der Waals surface area (Å²) in [6, 6.07) is 0. The van der Waals surface area contributed by atoms with E-state index < -0.39 is 17.8 Å². The summed E-state index contributed by atoms with van der Waals surface area (Å²) in [6.07, 6.45) is 11.5. The molecule has 2 fully saturated rings. The Morgan fingerprint density at radius 1 is 1.28 bits per heavy atom. The van der Waals surface area contributed by atoms with Crippen LogP contribution in [-0.4, -0.2) is 45.2 Å². The van der Waals surface area contributed by atoms with E-state index in [9.17, 15) is 20.1 Å². The minimum atomic E-state index is -0.869. The molecule has 0 bridgehead atoms. The van der Waals surface area contributed by atoms with Crippen molar-refractivity contribution in [1.29, 1.82) is 0 Å². The van der Waals surface area contributed by atoms with Crippen molar-refractivity contribution < 1.29 is 24.9 Å². The number of aliphatic hydroxyl groups excluding tert-OH is 2. The second kappa shape index (κ2) is 9.82. The lowest BCUT2D eigenvalue weighted by Crippen LogP contribution is -2.35. The van der Waals surface area contributed by atoms with E-state index in [-0.39, 0.29) is 29.8 Å². The molecule has 5 heteroatoms. The highest BCUT2D eigenvalue weighted by Crippen LogP contribution is 2.55. The molecule has 0 saturated heterocycles. The van der Waals surface area contributed by atoms with Crippen molar-refractivity contribution in [2.75, 3.05) is 0 Å². The van der Waals surface area contributed by atoms with Gasteiger partial charge in [0.05, 0.1) is 17.8 Å². The first-order valence-electron chi connectivity index (χ1n) is 12.3. The summed E-state index contributed by atoms with van der Waals surface area (Å²) >= 11 is 0. The third-order valence-electron chi connectivity index (χ3n) is 7.99. The fourth-order valence-corrected chi connectivity index (χ4v) is 5.82. The number of esters is 1. The summed E-state index contributed by atoms with van der Waals surface area (Å²) in [6.45, 7) is 9.58. The van der Waals surface area contributed by atoms with E-state index in [0.717, 1.165) is 31.3 Å². The van der Waals surface area contributed by atoms with E-state index in [1.807, 2.05) is 13.8 Å². The molecule has 3 aliphatic carbocycles. The van der Waals surface area contributed by atoms with Gasteiger partial charge in [0.25, 0.3) is 0 Å². The quantitative estimate of drug-likeness (QED) is 0.410. The number of allylic oxidation sites excluding steroid dienone is 4. The van der Waals surface area contributed by atoms with Crippen molar-refractivity contribution in [3.63, 3.8) is 0 Å². The van der Waals surface area contributed by atoms with E-state index in [0.29, 0.717) is 25.2 Å². The van der Waals surface area contributed by atoms with Gasteiger partial charge in [-0.2, -0.15) is 0 Å². The Kier molecular flexibility index (Phi) is 7.73. The van der Waals surface area contributed by atoms with Gasteiger partial charge in [0, 0.05) is 12.3 Å². The average Bonchev–Trinajstić information content (AvgIpc) is 3.06. The van der Waals surface area contributed by atoms with Crippen LogP contribution in [0.25, 0.3) is 0 Å². The van der Waals surface area contributed by atoms with E-state index >= 15 is 0 Å². The lowest BCUT2D eigenvalue weighted by Gasteiger charge is -2.42. The van der Waals surface area contributed by atoms with E-state index in [1.165, 1.54) is 11.1 Å². The first-order valence-corrected chi connectivity index (χ1v) is 12.3. The zero-order valence-corrected chi connectivity index (χ0v) is 20.4. The second-order valence-corrected chi connectivity index (χ2v) is 11.1. The minimum Gasteiger partial charge on any atom is -0.458 e. The molecule has 0 radical (unpaired) electrons. The highest BCUT2D eigenvalue weighted by atomic mass is 16.5. The summed E-state index contributed by atoms with van der Waals surface area (Å²) in [5, 5.41) is 30.3. The fraction of sp³-hybridized carbons (Fsp3) is 0.741. The third-order valence-corrected chi connectivity index (χ3v) is 7.99. The van der Waals surface area contributed by atoms with E-state index in [4.69, 9.17) is 4.74 Å². The maximum Gasteiger partial charge on any atom is 0.306 e. The van der Waals surface area contributed by atoms with Crippen LogP contribution in [0, 0.1) is 17.3 Å². The third kappa shape index (κ3) is 5.73. The molecule has 0 amide bonds. The van der Waals surface area contributed by atoms with Crippen molar-refractivity contribution in [1.82, 2.24) is 0 Å². The van der Waals surface area contributed by atoms with Gasteiger partial charge in [-0.25, -0.2) is 0 Å². The topological polar surface area (TPSA) is 87.0 Å². The van der Waals surface area contributed by atoms with Crippen molar-refractivity contribution in [3.8, 4) is 0 Å². The maximum atomic E-state index is 12.3.